The lowest BCUT2D eigenvalue weighted by Crippen LogP contribution is -2.39. The van der Waals surface area contributed by atoms with Crippen molar-refractivity contribution in [3.05, 3.63) is 213 Å². The standard InChI is InChI=1S/C56H50/c1-35(2)48-33-50-51(34-49(48)43-18-8-6-7-15-36(43)3)54(46-20-11-12-21-47(46)55(50)42-28-25-37-16-9-10-17-40(37)31-42)39-26-23-38(24-27-39)41-29-30-45-44-19-13-14-22-52(44)56(4,5)53(45)32-41/h6-17,19-32,34-36,43,50H,18,33H2,1-5H3. The van der Waals surface area contributed by atoms with Gasteiger partial charge in [0.05, 0.1) is 0 Å². The van der Waals surface area contributed by atoms with Crippen LogP contribution < -0.4 is 10.4 Å². The van der Waals surface area contributed by atoms with E-state index in [2.05, 4.69) is 198 Å². The first-order chi connectivity index (χ1) is 27.3. The molecule has 6 aromatic rings. The lowest BCUT2D eigenvalue weighted by atomic mass is 9.65. The summed E-state index contributed by atoms with van der Waals surface area (Å²) in [5.41, 5.74) is 18.2. The van der Waals surface area contributed by atoms with Crippen LogP contribution in [0.5, 0.6) is 0 Å². The van der Waals surface area contributed by atoms with Crippen molar-refractivity contribution in [2.45, 2.75) is 52.9 Å². The summed E-state index contributed by atoms with van der Waals surface area (Å²) < 4.78 is 0. The molecular formula is C56H50. The monoisotopic (exact) mass is 722 g/mol. The summed E-state index contributed by atoms with van der Waals surface area (Å²) in [6.45, 7) is 12.0. The quantitative estimate of drug-likeness (QED) is 0.166. The first kappa shape index (κ1) is 34.7. The molecule has 0 saturated carbocycles. The number of benzene rings is 6. The van der Waals surface area contributed by atoms with E-state index in [0.29, 0.717) is 17.8 Å². The second-order valence-electron chi connectivity index (χ2n) is 17.4. The Morgan fingerprint density at radius 3 is 2.11 bits per heavy atom. The molecular weight excluding hydrogens is 673 g/mol. The van der Waals surface area contributed by atoms with Gasteiger partial charge in [-0.15, -0.1) is 0 Å². The highest BCUT2D eigenvalue weighted by atomic mass is 14.4. The van der Waals surface area contributed by atoms with Gasteiger partial charge < -0.3 is 0 Å². The lowest BCUT2D eigenvalue weighted by molar-refractivity contribution is 0.481. The van der Waals surface area contributed by atoms with Gasteiger partial charge in [-0.3, -0.25) is 0 Å². The summed E-state index contributed by atoms with van der Waals surface area (Å²) in [7, 11) is 0. The molecule has 3 atom stereocenters. The van der Waals surface area contributed by atoms with Crippen LogP contribution in [0.4, 0.5) is 0 Å². The van der Waals surface area contributed by atoms with E-state index < -0.39 is 0 Å². The van der Waals surface area contributed by atoms with Crippen molar-refractivity contribution < 1.29 is 0 Å². The van der Waals surface area contributed by atoms with E-state index in [1.165, 1.54) is 82.4 Å². The number of allylic oxidation sites excluding steroid dienone is 8. The van der Waals surface area contributed by atoms with Crippen molar-refractivity contribution in [3.63, 3.8) is 0 Å². The van der Waals surface area contributed by atoms with Gasteiger partial charge in [0.15, 0.2) is 0 Å². The maximum absolute atomic E-state index is 2.66. The molecule has 3 unspecified atom stereocenters. The largest absolute Gasteiger partial charge is 0.0839 e. The zero-order chi connectivity index (χ0) is 38.1. The molecule has 10 rings (SSSR count). The number of hydrogen-bond acceptors (Lipinski definition) is 0. The molecule has 0 aliphatic heterocycles. The molecule has 0 aromatic heterocycles. The highest BCUT2D eigenvalue weighted by molar-refractivity contribution is 5.93. The van der Waals surface area contributed by atoms with Gasteiger partial charge in [0, 0.05) is 11.3 Å². The zero-order valence-corrected chi connectivity index (χ0v) is 33.3. The van der Waals surface area contributed by atoms with E-state index in [9.17, 15) is 0 Å². The van der Waals surface area contributed by atoms with Gasteiger partial charge in [0.1, 0.15) is 0 Å². The zero-order valence-electron chi connectivity index (χ0n) is 33.3. The van der Waals surface area contributed by atoms with E-state index in [1.54, 1.807) is 11.1 Å². The molecule has 0 bridgehead atoms. The van der Waals surface area contributed by atoms with Crippen molar-refractivity contribution >= 4 is 21.9 Å². The van der Waals surface area contributed by atoms with Gasteiger partial charge >= 0.3 is 0 Å². The lowest BCUT2D eigenvalue weighted by Gasteiger charge is -2.38. The summed E-state index contributed by atoms with van der Waals surface area (Å²) in [6.07, 6.45) is 14.1. The minimum atomic E-state index is -0.0221. The average Bonchev–Trinajstić information content (AvgIpc) is 3.31. The average molecular weight is 723 g/mol. The summed E-state index contributed by atoms with van der Waals surface area (Å²) in [5, 5.41) is 5.29. The van der Waals surface area contributed by atoms with Gasteiger partial charge in [0.25, 0.3) is 0 Å². The van der Waals surface area contributed by atoms with E-state index in [1.807, 2.05) is 0 Å². The van der Waals surface area contributed by atoms with E-state index in [-0.39, 0.29) is 11.3 Å². The van der Waals surface area contributed by atoms with Gasteiger partial charge in [-0.25, -0.2) is 0 Å². The first-order valence-electron chi connectivity index (χ1n) is 20.7. The topological polar surface area (TPSA) is 0 Å². The van der Waals surface area contributed by atoms with Crippen LogP contribution in [0.2, 0.25) is 0 Å². The molecule has 0 heteroatoms. The Balaban J connectivity index is 1.17. The summed E-state index contributed by atoms with van der Waals surface area (Å²) >= 11 is 0. The fourth-order valence-corrected chi connectivity index (χ4v) is 10.6. The Labute approximate surface area is 332 Å². The normalized spacial score (nSPS) is 20.8. The molecule has 0 nitrogen and oxygen atoms in total. The number of rotatable bonds is 5. The first-order valence-corrected chi connectivity index (χ1v) is 20.7. The maximum atomic E-state index is 2.66. The van der Waals surface area contributed by atoms with E-state index in [4.69, 9.17) is 0 Å². The molecule has 0 radical (unpaired) electrons. The van der Waals surface area contributed by atoms with Crippen LogP contribution in [-0.4, -0.2) is 0 Å². The van der Waals surface area contributed by atoms with Crippen LogP contribution in [0.25, 0.3) is 44.2 Å². The third-order valence-electron chi connectivity index (χ3n) is 13.5. The van der Waals surface area contributed by atoms with E-state index >= 15 is 0 Å². The predicted molar refractivity (Wildman–Crippen MR) is 238 cm³/mol. The molecule has 6 aromatic carbocycles. The Hall–Kier alpha value is -5.72. The molecule has 274 valence electrons. The molecule has 0 N–H and O–H groups in total. The Morgan fingerprint density at radius 1 is 0.607 bits per heavy atom. The molecule has 0 fully saturated rings. The number of fused-ring (bicyclic) bond motifs is 6. The second-order valence-corrected chi connectivity index (χ2v) is 17.4. The summed E-state index contributed by atoms with van der Waals surface area (Å²) in [4.78, 5) is 0. The molecule has 4 aliphatic rings. The Bertz CT molecular complexity index is 2810. The maximum Gasteiger partial charge on any atom is 0.0159 e. The highest BCUT2D eigenvalue weighted by Crippen LogP contribution is 2.51. The van der Waals surface area contributed by atoms with Crippen molar-refractivity contribution in [2.75, 3.05) is 0 Å². The molecule has 0 heterocycles. The Morgan fingerprint density at radius 2 is 1.29 bits per heavy atom. The van der Waals surface area contributed by atoms with Gasteiger partial charge in [0.2, 0.25) is 0 Å². The smallest absolute Gasteiger partial charge is 0.0159 e. The molecule has 0 amide bonds. The fraction of sp³-hybridized carbons (Fsp3) is 0.214. The minimum Gasteiger partial charge on any atom is -0.0839 e. The van der Waals surface area contributed by atoms with Crippen LogP contribution in [0.15, 0.2) is 181 Å². The van der Waals surface area contributed by atoms with Crippen LogP contribution in [0.3, 0.4) is 0 Å². The molecule has 56 heavy (non-hydrogen) atoms. The molecule has 0 saturated heterocycles. The summed E-state index contributed by atoms with van der Waals surface area (Å²) in [6, 6.07) is 50.7. The van der Waals surface area contributed by atoms with Crippen LogP contribution in [0.1, 0.15) is 69.7 Å². The van der Waals surface area contributed by atoms with Crippen LogP contribution in [0, 0.1) is 23.7 Å². The predicted octanol–water partition coefficient (Wildman–Crippen LogP) is 12.9. The van der Waals surface area contributed by atoms with Crippen molar-refractivity contribution in [2.24, 2.45) is 23.7 Å². The highest BCUT2D eigenvalue weighted by Gasteiger charge is 2.37. The van der Waals surface area contributed by atoms with Crippen molar-refractivity contribution in [1.29, 1.82) is 0 Å². The van der Waals surface area contributed by atoms with E-state index in [0.717, 1.165) is 12.8 Å². The SMILES string of the molecule is CC(C)C1=C(C2CC=CC=CC2C)C=C2C(c3ccc(-c4ccc5c(c4)C(C)(C)c4ccccc4-5)cc3)=c3ccccc3=C(c3ccc4ccccc4c3)C2C1. The van der Waals surface area contributed by atoms with Crippen molar-refractivity contribution in [3.8, 4) is 22.3 Å². The second kappa shape index (κ2) is 13.5. The van der Waals surface area contributed by atoms with Gasteiger partial charge in [-0.05, 0) is 131 Å². The minimum absolute atomic E-state index is 0.0221. The van der Waals surface area contributed by atoms with Crippen LogP contribution in [-0.2, 0) is 5.41 Å². The molecule has 4 aliphatic carbocycles. The summed E-state index contributed by atoms with van der Waals surface area (Å²) in [5.74, 6) is 1.65. The van der Waals surface area contributed by atoms with Gasteiger partial charge in [-0.2, -0.15) is 0 Å². The fourth-order valence-electron chi connectivity index (χ4n) is 10.6. The van der Waals surface area contributed by atoms with Gasteiger partial charge in [-0.1, -0.05) is 192 Å². The number of hydrogen-bond donors (Lipinski definition) is 0. The third kappa shape index (κ3) is 5.56. The van der Waals surface area contributed by atoms with Crippen LogP contribution >= 0.6 is 0 Å². The molecule has 0 spiro atoms. The van der Waals surface area contributed by atoms with Crippen molar-refractivity contribution in [1.82, 2.24) is 0 Å². The Kier molecular flexibility index (Phi) is 8.37. The third-order valence-corrected chi connectivity index (χ3v) is 13.5.